The van der Waals surface area contributed by atoms with Gasteiger partial charge in [0.15, 0.2) is 0 Å². The molecule has 0 atom stereocenters. The summed E-state index contributed by atoms with van der Waals surface area (Å²) in [6.07, 6.45) is 1.72. The Bertz CT molecular complexity index is 781. The average Bonchev–Trinajstić information content (AvgIpc) is 2.56. The van der Waals surface area contributed by atoms with Gasteiger partial charge in [0.2, 0.25) is 0 Å². The van der Waals surface area contributed by atoms with Crippen molar-refractivity contribution in [2.45, 2.75) is 11.4 Å². The lowest BCUT2D eigenvalue weighted by molar-refractivity contribution is -0.387. The topological polar surface area (TPSA) is 63.5 Å². The fourth-order valence-corrected chi connectivity index (χ4v) is 2.95. The van der Waals surface area contributed by atoms with Crippen molar-refractivity contribution in [1.82, 2.24) is 4.90 Å². The summed E-state index contributed by atoms with van der Waals surface area (Å²) in [7, 11) is 1.49. The van der Waals surface area contributed by atoms with Crippen LogP contribution in [0.2, 0.25) is 5.02 Å². The molecule has 0 saturated heterocycles. The lowest BCUT2D eigenvalue weighted by Crippen LogP contribution is -2.26. The molecule has 0 aliphatic rings. The molecule has 0 aromatic heterocycles. The molecule has 0 N–H and O–H groups in total. The SMILES string of the molecule is CSc1ccc(C(=O)N(C)Cc2c(F)cccc2Cl)cc1[N+](=O)[O-]. The molecule has 1 amide bonds. The molecule has 0 spiro atoms. The lowest BCUT2D eigenvalue weighted by atomic mass is 10.1. The second-order valence-corrected chi connectivity index (χ2v) is 6.26. The van der Waals surface area contributed by atoms with E-state index in [0.717, 1.165) is 0 Å². The maximum Gasteiger partial charge on any atom is 0.283 e. The largest absolute Gasteiger partial charge is 0.337 e. The minimum atomic E-state index is -0.531. The van der Waals surface area contributed by atoms with Crippen molar-refractivity contribution >= 4 is 35.0 Å². The number of nitro benzene ring substituents is 1. The van der Waals surface area contributed by atoms with Crippen LogP contribution < -0.4 is 0 Å². The highest BCUT2D eigenvalue weighted by atomic mass is 35.5. The van der Waals surface area contributed by atoms with Crippen molar-refractivity contribution < 1.29 is 14.1 Å². The predicted octanol–water partition coefficient (Wildman–Crippen LogP) is 4.38. The summed E-state index contributed by atoms with van der Waals surface area (Å²) in [5.74, 6) is -0.962. The number of hydrogen-bond acceptors (Lipinski definition) is 4. The van der Waals surface area contributed by atoms with Crippen molar-refractivity contribution in [2.24, 2.45) is 0 Å². The molecule has 8 heteroatoms. The second-order valence-electron chi connectivity index (χ2n) is 5.01. The third-order valence-electron chi connectivity index (χ3n) is 3.43. The van der Waals surface area contributed by atoms with Crippen molar-refractivity contribution in [3.63, 3.8) is 0 Å². The quantitative estimate of drug-likeness (QED) is 0.446. The first kappa shape index (κ1) is 18.2. The van der Waals surface area contributed by atoms with Crippen LogP contribution in [0.25, 0.3) is 0 Å². The van der Waals surface area contributed by atoms with Crippen LogP contribution in [-0.4, -0.2) is 29.0 Å². The number of nitrogens with zero attached hydrogens (tertiary/aromatic N) is 2. The zero-order chi connectivity index (χ0) is 17.9. The molecule has 126 valence electrons. The number of halogens is 2. The van der Waals surface area contributed by atoms with Crippen molar-refractivity contribution in [3.8, 4) is 0 Å². The number of benzene rings is 2. The minimum absolute atomic E-state index is 0.0393. The number of hydrogen-bond donors (Lipinski definition) is 0. The molecule has 0 heterocycles. The fourth-order valence-electron chi connectivity index (χ4n) is 2.18. The van der Waals surface area contributed by atoms with Gasteiger partial charge in [-0.05, 0) is 30.5 Å². The Hall–Kier alpha value is -2.12. The highest BCUT2D eigenvalue weighted by molar-refractivity contribution is 7.98. The summed E-state index contributed by atoms with van der Waals surface area (Å²) in [6.45, 7) is -0.0393. The number of carbonyl (C=O) groups is 1. The van der Waals surface area contributed by atoms with Crippen LogP contribution >= 0.6 is 23.4 Å². The van der Waals surface area contributed by atoms with Gasteiger partial charge >= 0.3 is 0 Å². The minimum Gasteiger partial charge on any atom is -0.337 e. The van der Waals surface area contributed by atoms with Crippen molar-refractivity contribution in [3.05, 3.63) is 68.5 Å². The first-order valence-electron chi connectivity index (χ1n) is 6.86. The van der Waals surface area contributed by atoms with E-state index >= 15 is 0 Å². The molecular formula is C16H14ClFN2O3S. The van der Waals surface area contributed by atoms with E-state index in [-0.39, 0.29) is 28.4 Å². The third-order valence-corrected chi connectivity index (χ3v) is 4.57. The summed E-state index contributed by atoms with van der Waals surface area (Å²) in [6, 6.07) is 8.55. The number of rotatable bonds is 5. The van der Waals surface area contributed by atoms with Crippen LogP contribution in [0.15, 0.2) is 41.3 Å². The van der Waals surface area contributed by atoms with Crippen molar-refractivity contribution in [1.29, 1.82) is 0 Å². The van der Waals surface area contributed by atoms with Gasteiger partial charge < -0.3 is 4.90 Å². The Balaban J connectivity index is 2.28. The van der Waals surface area contributed by atoms with Crippen molar-refractivity contribution in [2.75, 3.05) is 13.3 Å². The number of thioether (sulfide) groups is 1. The van der Waals surface area contributed by atoms with E-state index in [9.17, 15) is 19.3 Å². The molecule has 0 bridgehead atoms. The average molecular weight is 369 g/mol. The first-order chi connectivity index (χ1) is 11.3. The van der Waals surface area contributed by atoms with E-state index in [1.54, 1.807) is 6.26 Å². The van der Waals surface area contributed by atoms with Crippen LogP contribution in [0.5, 0.6) is 0 Å². The summed E-state index contributed by atoms with van der Waals surface area (Å²) in [4.78, 5) is 24.8. The zero-order valence-corrected chi connectivity index (χ0v) is 14.5. The van der Waals surface area contributed by atoms with Crippen LogP contribution in [-0.2, 0) is 6.54 Å². The molecule has 0 saturated carbocycles. The monoisotopic (exact) mass is 368 g/mol. The molecule has 0 fully saturated rings. The van der Waals surface area contributed by atoms with Crippen LogP contribution in [0.3, 0.4) is 0 Å². The molecule has 0 radical (unpaired) electrons. The highest BCUT2D eigenvalue weighted by Crippen LogP contribution is 2.29. The molecule has 0 unspecified atom stereocenters. The van der Waals surface area contributed by atoms with Gasteiger partial charge in [0, 0.05) is 35.8 Å². The number of amides is 1. The maximum absolute atomic E-state index is 13.8. The van der Waals surface area contributed by atoms with Gasteiger partial charge in [-0.1, -0.05) is 17.7 Å². The lowest BCUT2D eigenvalue weighted by Gasteiger charge is -2.18. The Kier molecular flexibility index (Phi) is 5.80. The molecule has 2 rings (SSSR count). The first-order valence-corrected chi connectivity index (χ1v) is 8.46. The highest BCUT2D eigenvalue weighted by Gasteiger charge is 2.20. The second kappa shape index (κ2) is 7.63. The summed E-state index contributed by atoms with van der Waals surface area (Å²) >= 11 is 7.19. The molecule has 0 aliphatic carbocycles. The number of carbonyl (C=O) groups excluding carboxylic acids is 1. The zero-order valence-electron chi connectivity index (χ0n) is 13.0. The molecule has 2 aromatic rings. The van der Waals surface area contributed by atoms with Gasteiger partial charge in [-0.2, -0.15) is 0 Å². The van der Waals surface area contributed by atoms with Crippen LogP contribution in [0, 0.1) is 15.9 Å². The normalized spacial score (nSPS) is 10.5. The molecule has 0 aliphatic heterocycles. The van der Waals surface area contributed by atoms with E-state index in [4.69, 9.17) is 11.6 Å². The summed E-state index contributed by atoms with van der Waals surface area (Å²) in [5.41, 5.74) is 0.227. The molecule has 5 nitrogen and oxygen atoms in total. The Morgan fingerprint density at radius 1 is 1.38 bits per heavy atom. The van der Waals surface area contributed by atoms with Gasteiger partial charge in [-0.25, -0.2) is 4.39 Å². The maximum atomic E-state index is 13.8. The Labute approximate surface area is 147 Å². The van der Waals surface area contributed by atoms with Gasteiger partial charge in [-0.3, -0.25) is 14.9 Å². The van der Waals surface area contributed by atoms with Crippen LogP contribution in [0.1, 0.15) is 15.9 Å². The molecule has 2 aromatic carbocycles. The predicted molar refractivity (Wildman–Crippen MR) is 92.1 cm³/mol. The fraction of sp³-hybridized carbons (Fsp3) is 0.188. The summed E-state index contributed by atoms with van der Waals surface area (Å²) < 4.78 is 13.8. The van der Waals surface area contributed by atoms with E-state index < -0.39 is 16.6 Å². The van der Waals surface area contributed by atoms with Gasteiger partial charge in [0.05, 0.1) is 9.82 Å². The van der Waals surface area contributed by atoms with Gasteiger partial charge in [-0.15, -0.1) is 11.8 Å². The smallest absolute Gasteiger partial charge is 0.283 e. The summed E-state index contributed by atoms with van der Waals surface area (Å²) in [5, 5.41) is 11.3. The molecule has 24 heavy (non-hydrogen) atoms. The van der Waals surface area contributed by atoms with E-state index in [1.165, 1.54) is 60.1 Å². The van der Waals surface area contributed by atoms with Gasteiger partial charge in [0.1, 0.15) is 5.82 Å². The Morgan fingerprint density at radius 2 is 2.08 bits per heavy atom. The van der Waals surface area contributed by atoms with E-state index in [0.29, 0.717) is 4.90 Å². The Morgan fingerprint density at radius 3 is 2.67 bits per heavy atom. The number of nitro groups is 1. The molecular weight excluding hydrogens is 355 g/mol. The van der Waals surface area contributed by atoms with Crippen LogP contribution in [0.4, 0.5) is 10.1 Å². The third kappa shape index (κ3) is 3.85. The van der Waals surface area contributed by atoms with Gasteiger partial charge in [0.25, 0.3) is 11.6 Å². The standard InChI is InChI=1S/C16H14ClFN2O3S/c1-19(9-11-12(17)4-3-5-13(11)18)16(21)10-6-7-15(24-2)14(8-10)20(22)23/h3-8H,9H2,1-2H3. The van der Waals surface area contributed by atoms with E-state index in [1.807, 2.05) is 0 Å². The van der Waals surface area contributed by atoms with E-state index in [2.05, 4.69) is 0 Å².